The summed E-state index contributed by atoms with van der Waals surface area (Å²) < 4.78 is 0. The highest BCUT2D eigenvalue weighted by Gasteiger charge is 2.20. The van der Waals surface area contributed by atoms with Crippen LogP contribution >= 0.6 is 23.2 Å². The molecule has 92 valence electrons. The van der Waals surface area contributed by atoms with Gasteiger partial charge in [-0.3, -0.25) is 15.0 Å². The van der Waals surface area contributed by atoms with Crippen molar-refractivity contribution in [2.24, 2.45) is 10.9 Å². The fourth-order valence-electron chi connectivity index (χ4n) is 1.78. The van der Waals surface area contributed by atoms with E-state index >= 15 is 0 Å². The van der Waals surface area contributed by atoms with Crippen LogP contribution in [0.15, 0.2) is 23.2 Å². The average Bonchev–Trinajstić information content (AvgIpc) is 2.65. The lowest BCUT2D eigenvalue weighted by Gasteiger charge is -2.31. The van der Waals surface area contributed by atoms with Gasteiger partial charge in [-0.1, -0.05) is 37.0 Å². The predicted octanol–water partition coefficient (Wildman–Crippen LogP) is 3.67. The molecule has 0 amide bonds. The first-order chi connectivity index (χ1) is 8.08. The number of aliphatic imine (C=N–C) groups is 1. The molecular weight excluding hydrogens is 257 g/mol. The number of rotatable bonds is 3. The van der Waals surface area contributed by atoms with Crippen LogP contribution in [0.1, 0.15) is 13.8 Å². The van der Waals surface area contributed by atoms with E-state index in [4.69, 9.17) is 23.2 Å². The number of halogens is 2. The van der Waals surface area contributed by atoms with Crippen LogP contribution in [0.5, 0.6) is 0 Å². The van der Waals surface area contributed by atoms with Gasteiger partial charge >= 0.3 is 0 Å². The van der Waals surface area contributed by atoms with Gasteiger partial charge in [0.1, 0.15) is 13.0 Å². The SMILES string of the molecule is CC(C)CN1C=NCN1c1ccc(Cl)cc1Cl. The Labute approximate surface area is 112 Å². The molecule has 0 saturated heterocycles. The maximum atomic E-state index is 6.20. The minimum absolute atomic E-state index is 0.563. The van der Waals surface area contributed by atoms with Gasteiger partial charge in [0.05, 0.1) is 10.7 Å². The minimum Gasteiger partial charge on any atom is -0.273 e. The van der Waals surface area contributed by atoms with Gasteiger partial charge < -0.3 is 0 Å². The van der Waals surface area contributed by atoms with Crippen LogP contribution in [0, 0.1) is 5.92 Å². The average molecular weight is 272 g/mol. The van der Waals surface area contributed by atoms with Crippen molar-refractivity contribution in [1.82, 2.24) is 5.01 Å². The summed E-state index contributed by atoms with van der Waals surface area (Å²) >= 11 is 12.1. The second-order valence-corrected chi connectivity index (χ2v) is 5.29. The van der Waals surface area contributed by atoms with Crippen molar-refractivity contribution in [2.45, 2.75) is 13.8 Å². The Kier molecular flexibility index (Phi) is 3.79. The van der Waals surface area contributed by atoms with E-state index in [2.05, 4.69) is 28.9 Å². The summed E-state index contributed by atoms with van der Waals surface area (Å²) in [4.78, 5) is 4.27. The summed E-state index contributed by atoms with van der Waals surface area (Å²) in [6, 6.07) is 5.52. The quantitative estimate of drug-likeness (QED) is 0.836. The minimum atomic E-state index is 0.563. The van der Waals surface area contributed by atoms with Crippen LogP contribution in [0.4, 0.5) is 5.69 Å². The van der Waals surface area contributed by atoms with Crippen LogP contribution in [0.2, 0.25) is 10.0 Å². The molecule has 0 saturated carbocycles. The number of benzene rings is 1. The van der Waals surface area contributed by atoms with Crippen molar-refractivity contribution >= 4 is 35.2 Å². The van der Waals surface area contributed by atoms with E-state index in [9.17, 15) is 0 Å². The molecule has 0 radical (unpaired) electrons. The van der Waals surface area contributed by atoms with Crippen molar-refractivity contribution in [3.05, 3.63) is 28.2 Å². The highest BCUT2D eigenvalue weighted by molar-refractivity contribution is 6.36. The van der Waals surface area contributed by atoms with E-state index in [1.807, 2.05) is 18.5 Å². The molecule has 1 aromatic rings. The molecule has 0 fully saturated rings. The molecule has 0 spiro atoms. The summed E-state index contributed by atoms with van der Waals surface area (Å²) in [5.41, 5.74) is 0.939. The largest absolute Gasteiger partial charge is 0.273 e. The zero-order valence-electron chi connectivity index (χ0n) is 9.90. The van der Waals surface area contributed by atoms with E-state index in [0.29, 0.717) is 22.6 Å². The third-order valence-corrected chi connectivity index (χ3v) is 3.02. The fourth-order valence-corrected chi connectivity index (χ4v) is 2.28. The Morgan fingerprint density at radius 1 is 1.35 bits per heavy atom. The van der Waals surface area contributed by atoms with Crippen molar-refractivity contribution in [3.8, 4) is 0 Å². The van der Waals surface area contributed by atoms with Gasteiger partial charge in [-0.05, 0) is 24.1 Å². The van der Waals surface area contributed by atoms with Crippen LogP contribution in [0.25, 0.3) is 0 Å². The normalized spacial score (nSPS) is 15.1. The first kappa shape index (κ1) is 12.5. The van der Waals surface area contributed by atoms with Gasteiger partial charge in [-0.2, -0.15) is 0 Å². The molecule has 0 aromatic heterocycles. The summed E-state index contributed by atoms with van der Waals surface area (Å²) in [7, 11) is 0. The van der Waals surface area contributed by atoms with Crippen LogP contribution in [-0.2, 0) is 0 Å². The third-order valence-electron chi connectivity index (χ3n) is 2.48. The second-order valence-electron chi connectivity index (χ2n) is 4.45. The van der Waals surface area contributed by atoms with Gasteiger partial charge in [0.25, 0.3) is 0 Å². The zero-order chi connectivity index (χ0) is 12.4. The molecule has 0 bridgehead atoms. The van der Waals surface area contributed by atoms with Crippen molar-refractivity contribution in [1.29, 1.82) is 0 Å². The topological polar surface area (TPSA) is 18.8 Å². The molecule has 3 nitrogen and oxygen atoms in total. The number of nitrogens with zero attached hydrogens (tertiary/aromatic N) is 3. The number of hydrogen-bond donors (Lipinski definition) is 0. The van der Waals surface area contributed by atoms with E-state index in [0.717, 1.165) is 12.2 Å². The van der Waals surface area contributed by atoms with Crippen molar-refractivity contribution < 1.29 is 0 Å². The van der Waals surface area contributed by atoms with Gasteiger partial charge in [0, 0.05) is 11.6 Å². The summed E-state index contributed by atoms with van der Waals surface area (Å²) in [5, 5.41) is 5.43. The van der Waals surface area contributed by atoms with E-state index in [-0.39, 0.29) is 0 Å². The molecule has 1 heterocycles. The highest BCUT2D eigenvalue weighted by atomic mass is 35.5. The maximum Gasteiger partial charge on any atom is 0.131 e. The number of anilines is 1. The van der Waals surface area contributed by atoms with Gasteiger partial charge in [-0.25, -0.2) is 0 Å². The van der Waals surface area contributed by atoms with Crippen LogP contribution in [-0.4, -0.2) is 24.6 Å². The smallest absolute Gasteiger partial charge is 0.131 e. The Morgan fingerprint density at radius 2 is 2.12 bits per heavy atom. The first-order valence-electron chi connectivity index (χ1n) is 5.57. The molecule has 5 heteroatoms. The lowest BCUT2D eigenvalue weighted by Crippen LogP contribution is -2.39. The van der Waals surface area contributed by atoms with Gasteiger partial charge in [0.15, 0.2) is 0 Å². The van der Waals surface area contributed by atoms with E-state index in [1.54, 1.807) is 6.07 Å². The molecule has 2 rings (SSSR count). The Bertz CT molecular complexity index is 432. The predicted molar refractivity (Wildman–Crippen MR) is 73.8 cm³/mol. The van der Waals surface area contributed by atoms with Gasteiger partial charge in [-0.15, -0.1) is 0 Å². The van der Waals surface area contributed by atoms with Crippen molar-refractivity contribution in [2.75, 3.05) is 18.2 Å². The lowest BCUT2D eigenvalue weighted by atomic mass is 10.2. The Balaban J connectivity index is 2.21. The van der Waals surface area contributed by atoms with Crippen LogP contribution in [0.3, 0.4) is 0 Å². The second kappa shape index (κ2) is 5.15. The summed E-state index contributed by atoms with van der Waals surface area (Å²) in [6.45, 7) is 5.87. The van der Waals surface area contributed by atoms with Crippen molar-refractivity contribution in [3.63, 3.8) is 0 Å². The summed E-state index contributed by atoms with van der Waals surface area (Å²) in [6.07, 6.45) is 1.85. The third kappa shape index (κ3) is 2.85. The van der Waals surface area contributed by atoms with E-state index < -0.39 is 0 Å². The molecule has 17 heavy (non-hydrogen) atoms. The summed E-state index contributed by atoms with van der Waals surface area (Å²) in [5.74, 6) is 0.563. The van der Waals surface area contributed by atoms with Gasteiger partial charge in [0.2, 0.25) is 0 Å². The molecule has 1 aliphatic rings. The Morgan fingerprint density at radius 3 is 2.76 bits per heavy atom. The Hall–Kier alpha value is -0.930. The maximum absolute atomic E-state index is 6.20. The highest BCUT2D eigenvalue weighted by Crippen LogP contribution is 2.30. The molecular formula is C12H15Cl2N3. The molecule has 0 unspecified atom stereocenters. The molecule has 0 atom stereocenters. The zero-order valence-corrected chi connectivity index (χ0v) is 11.4. The molecule has 1 aromatic carbocycles. The standard InChI is InChI=1S/C12H15Cl2N3/c1-9(2)6-16-7-15-8-17(16)12-4-3-10(13)5-11(12)14/h3-5,7,9H,6,8H2,1-2H3. The fraction of sp³-hybridized carbons (Fsp3) is 0.417. The monoisotopic (exact) mass is 271 g/mol. The molecule has 1 aliphatic heterocycles. The lowest BCUT2D eigenvalue weighted by molar-refractivity contribution is 0.369. The molecule has 0 aliphatic carbocycles. The number of hydrazine groups is 1. The van der Waals surface area contributed by atoms with E-state index in [1.165, 1.54) is 0 Å². The van der Waals surface area contributed by atoms with Crippen LogP contribution < -0.4 is 5.01 Å². The first-order valence-corrected chi connectivity index (χ1v) is 6.32. The molecule has 0 N–H and O–H groups in total. The number of hydrogen-bond acceptors (Lipinski definition) is 3.